The molecule has 0 spiro atoms. The summed E-state index contributed by atoms with van der Waals surface area (Å²) in [6, 6.07) is 9.67. The smallest absolute Gasteiger partial charge is 0.129 e. The van der Waals surface area contributed by atoms with Crippen molar-refractivity contribution in [1.82, 2.24) is 9.97 Å². The summed E-state index contributed by atoms with van der Waals surface area (Å²) in [5.74, 6) is 1.68. The standard InChI is InChI=1S/C13H14BrN3O/c1-10-8-13(17-9-16-10)15-6-7-18-12-4-2-11(14)3-5-12/h2-5,8-9H,6-7H2,1H3,(H,15,16,17). The molecule has 1 heterocycles. The second-order valence-corrected chi connectivity index (χ2v) is 4.69. The highest BCUT2D eigenvalue weighted by Crippen LogP contribution is 2.15. The lowest BCUT2D eigenvalue weighted by molar-refractivity contribution is 0.332. The van der Waals surface area contributed by atoms with E-state index >= 15 is 0 Å². The van der Waals surface area contributed by atoms with Crippen molar-refractivity contribution >= 4 is 21.7 Å². The van der Waals surface area contributed by atoms with Crippen LogP contribution in [0.1, 0.15) is 5.69 Å². The molecule has 2 aromatic rings. The Kier molecular flexibility index (Phi) is 4.52. The molecule has 2 rings (SSSR count). The SMILES string of the molecule is Cc1cc(NCCOc2ccc(Br)cc2)ncn1. The van der Waals surface area contributed by atoms with Crippen molar-refractivity contribution in [2.45, 2.75) is 6.92 Å². The molecule has 0 saturated heterocycles. The highest BCUT2D eigenvalue weighted by Gasteiger charge is 1.96. The van der Waals surface area contributed by atoms with Crippen LogP contribution in [0.2, 0.25) is 0 Å². The third-order valence-corrected chi connectivity index (χ3v) is 2.82. The Morgan fingerprint density at radius 1 is 1.22 bits per heavy atom. The van der Waals surface area contributed by atoms with Gasteiger partial charge in [-0.05, 0) is 31.2 Å². The van der Waals surface area contributed by atoms with Gasteiger partial charge in [-0.1, -0.05) is 15.9 Å². The van der Waals surface area contributed by atoms with Gasteiger partial charge < -0.3 is 10.1 Å². The quantitative estimate of drug-likeness (QED) is 0.863. The van der Waals surface area contributed by atoms with E-state index in [0.29, 0.717) is 13.2 Å². The summed E-state index contributed by atoms with van der Waals surface area (Å²) in [5.41, 5.74) is 0.946. The fourth-order valence-corrected chi connectivity index (χ4v) is 1.69. The Morgan fingerprint density at radius 2 is 2.00 bits per heavy atom. The number of aromatic nitrogens is 2. The van der Waals surface area contributed by atoms with E-state index in [9.17, 15) is 0 Å². The zero-order chi connectivity index (χ0) is 12.8. The second kappa shape index (κ2) is 6.35. The van der Waals surface area contributed by atoms with Crippen LogP contribution >= 0.6 is 15.9 Å². The zero-order valence-corrected chi connectivity index (χ0v) is 11.6. The van der Waals surface area contributed by atoms with Crippen LogP contribution in [-0.2, 0) is 0 Å². The molecular weight excluding hydrogens is 294 g/mol. The molecule has 18 heavy (non-hydrogen) atoms. The number of halogens is 1. The molecule has 0 aliphatic heterocycles. The molecule has 0 aliphatic rings. The average Bonchev–Trinajstić information content (AvgIpc) is 2.37. The minimum atomic E-state index is 0.588. The molecule has 0 fully saturated rings. The fraction of sp³-hybridized carbons (Fsp3) is 0.231. The molecule has 0 radical (unpaired) electrons. The zero-order valence-electron chi connectivity index (χ0n) is 10.1. The Labute approximate surface area is 115 Å². The maximum absolute atomic E-state index is 5.59. The van der Waals surface area contributed by atoms with E-state index in [1.54, 1.807) is 6.33 Å². The molecule has 1 aromatic carbocycles. The van der Waals surface area contributed by atoms with Crippen molar-refractivity contribution in [2.75, 3.05) is 18.5 Å². The molecule has 4 nitrogen and oxygen atoms in total. The summed E-state index contributed by atoms with van der Waals surface area (Å²) < 4.78 is 6.63. The summed E-state index contributed by atoms with van der Waals surface area (Å²) in [6.07, 6.45) is 1.55. The van der Waals surface area contributed by atoms with E-state index in [-0.39, 0.29) is 0 Å². The van der Waals surface area contributed by atoms with E-state index < -0.39 is 0 Å². The van der Waals surface area contributed by atoms with E-state index in [1.807, 2.05) is 37.3 Å². The molecule has 0 unspecified atom stereocenters. The minimum Gasteiger partial charge on any atom is -0.492 e. The van der Waals surface area contributed by atoms with Gasteiger partial charge in [0, 0.05) is 16.2 Å². The lowest BCUT2D eigenvalue weighted by Crippen LogP contribution is -2.12. The van der Waals surface area contributed by atoms with Gasteiger partial charge in [0.15, 0.2) is 0 Å². The van der Waals surface area contributed by atoms with E-state index in [2.05, 4.69) is 31.2 Å². The highest BCUT2D eigenvalue weighted by atomic mass is 79.9. The van der Waals surface area contributed by atoms with Gasteiger partial charge in [0.05, 0.1) is 6.54 Å². The number of nitrogens with zero attached hydrogens (tertiary/aromatic N) is 2. The number of hydrogen-bond donors (Lipinski definition) is 1. The number of anilines is 1. The van der Waals surface area contributed by atoms with Crippen molar-refractivity contribution in [3.63, 3.8) is 0 Å². The molecule has 5 heteroatoms. The Morgan fingerprint density at radius 3 is 2.72 bits per heavy atom. The number of aryl methyl sites for hydroxylation is 1. The third kappa shape index (κ3) is 4.00. The van der Waals surface area contributed by atoms with Gasteiger partial charge in [-0.2, -0.15) is 0 Å². The van der Waals surface area contributed by atoms with Crippen LogP contribution in [-0.4, -0.2) is 23.1 Å². The van der Waals surface area contributed by atoms with Crippen LogP contribution < -0.4 is 10.1 Å². The normalized spacial score (nSPS) is 10.1. The molecule has 94 valence electrons. The molecule has 0 bridgehead atoms. The third-order valence-electron chi connectivity index (χ3n) is 2.29. The van der Waals surface area contributed by atoms with Crippen LogP contribution in [0, 0.1) is 6.92 Å². The van der Waals surface area contributed by atoms with Crippen molar-refractivity contribution in [3.05, 3.63) is 46.8 Å². The lowest BCUT2D eigenvalue weighted by atomic mass is 10.3. The Balaban J connectivity index is 1.74. The van der Waals surface area contributed by atoms with Crippen LogP contribution in [0.15, 0.2) is 41.1 Å². The van der Waals surface area contributed by atoms with Gasteiger partial charge in [0.1, 0.15) is 24.5 Å². The van der Waals surface area contributed by atoms with Crippen LogP contribution in [0.25, 0.3) is 0 Å². The predicted molar refractivity (Wildman–Crippen MR) is 74.9 cm³/mol. The molecule has 1 aromatic heterocycles. The minimum absolute atomic E-state index is 0.588. The molecule has 0 aliphatic carbocycles. The van der Waals surface area contributed by atoms with E-state index in [4.69, 9.17) is 4.74 Å². The maximum atomic E-state index is 5.59. The molecule has 1 N–H and O–H groups in total. The highest BCUT2D eigenvalue weighted by molar-refractivity contribution is 9.10. The topological polar surface area (TPSA) is 47.0 Å². The predicted octanol–water partition coefficient (Wildman–Crippen LogP) is 3.04. The largest absolute Gasteiger partial charge is 0.492 e. The second-order valence-electron chi connectivity index (χ2n) is 3.77. The first-order chi connectivity index (χ1) is 8.74. The number of benzene rings is 1. The molecule has 0 amide bonds. The Bertz CT molecular complexity index is 502. The molecule has 0 atom stereocenters. The average molecular weight is 308 g/mol. The lowest BCUT2D eigenvalue weighted by Gasteiger charge is -2.08. The first-order valence-electron chi connectivity index (χ1n) is 5.65. The van der Waals surface area contributed by atoms with Crippen LogP contribution in [0.5, 0.6) is 5.75 Å². The monoisotopic (exact) mass is 307 g/mol. The summed E-state index contributed by atoms with van der Waals surface area (Å²) in [6.45, 7) is 3.22. The summed E-state index contributed by atoms with van der Waals surface area (Å²) >= 11 is 3.38. The summed E-state index contributed by atoms with van der Waals surface area (Å²) in [4.78, 5) is 8.15. The molecular formula is C13H14BrN3O. The number of rotatable bonds is 5. The summed E-state index contributed by atoms with van der Waals surface area (Å²) in [5, 5.41) is 3.18. The van der Waals surface area contributed by atoms with Crippen molar-refractivity contribution in [3.8, 4) is 5.75 Å². The number of hydrogen-bond acceptors (Lipinski definition) is 4. The number of ether oxygens (including phenoxy) is 1. The Hall–Kier alpha value is -1.62. The van der Waals surface area contributed by atoms with Crippen LogP contribution in [0.3, 0.4) is 0 Å². The first-order valence-corrected chi connectivity index (χ1v) is 6.44. The maximum Gasteiger partial charge on any atom is 0.129 e. The number of nitrogens with one attached hydrogen (secondary N) is 1. The van der Waals surface area contributed by atoms with Crippen molar-refractivity contribution < 1.29 is 4.74 Å². The van der Waals surface area contributed by atoms with E-state index in [0.717, 1.165) is 21.7 Å². The van der Waals surface area contributed by atoms with E-state index in [1.165, 1.54) is 0 Å². The van der Waals surface area contributed by atoms with Crippen molar-refractivity contribution in [2.24, 2.45) is 0 Å². The van der Waals surface area contributed by atoms with Gasteiger partial charge in [-0.3, -0.25) is 0 Å². The molecule has 0 saturated carbocycles. The van der Waals surface area contributed by atoms with Gasteiger partial charge in [-0.15, -0.1) is 0 Å². The van der Waals surface area contributed by atoms with Gasteiger partial charge in [0.2, 0.25) is 0 Å². The summed E-state index contributed by atoms with van der Waals surface area (Å²) in [7, 11) is 0. The first kappa shape index (κ1) is 12.8. The van der Waals surface area contributed by atoms with Crippen LogP contribution in [0.4, 0.5) is 5.82 Å². The van der Waals surface area contributed by atoms with Crippen molar-refractivity contribution in [1.29, 1.82) is 0 Å². The fourth-order valence-electron chi connectivity index (χ4n) is 1.43. The van der Waals surface area contributed by atoms with Gasteiger partial charge in [0.25, 0.3) is 0 Å². The van der Waals surface area contributed by atoms with Gasteiger partial charge >= 0.3 is 0 Å². The van der Waals surface area contributed by atoms with Gasteiger partial charge in [-0.25, -0.2) is 9.97 Å².